The lowest BCUT2D eigenvalue weighted by molar-refractivity contribution is -0.168. The van der Waals surface area contributed by atoms with E-state index in [0.29, 0.717) is 24.1 Å². The quantitative estimate of drug-likeness (QED) is 0.309. The average Bonchev–Trinajstić information content (AvgIpc) is 3.41. The number of aliphatic hydroxyl groups excluding tert-OH is 4. The summed E-state index contributed by atoms with van der Waals surface area (Å²) in [6.45, 7) is 3.20. The van der Waals surface area contributed by atoms with Crippen LogP contribution in [-0.2, 0) is 19.0 Å². The molecule has 0 aliphatic carbocycles. The molecule has 39 heavy (non-hydrogen) atoms. The number of aromatic nitrogens is 3. The van der Waals surface area contributed by atoms with Crippen molar-refractivity contribution in [3.8, 4) is 11.3 Å². The van der Waals surface area contributed by atoms with Gasteiger partial charge < -0.3 is 34.6 Å². The van der Waals surface area contributed by atoms with E-state index in [1.165, 1.54) is 16.8 Å². The molecule has 1 aromatic carbocycles. The Morgan fingerprint density at radius 3 is 2.64 bits per heavy atom. The van der Waals surface area contributed by atoms with Crippen LogP contribution >= 0.6 is 11.8 Å². The number of benzene rings is 1. The van der Waals surface area contributed by atoms with E-state index in [9.17, 15) is 29.6 Å². The molecule has 0 saturated carbocycles. The minimum atomic E-state index is -1.12. The van der Waals surface area contributed by atoms with Gasteiger partial charge in [0.1, 0.15) is 47.3 Å². The van der Waals surface area contributed by atoms with E-state index >= 15 is 0 Å². The molecule has 2 fully saturated rings. The van der Waals surface area contributed by atoms with Crippen molar-refractivity contribution in [2.75, 3.05) is 13.2 Å². The van der Waals surface area contributed by atoms with E-state index in [4.69, 9.17) is 14.2 Å². The lowest BCUT2D eigenvalue weighted by atomic mass is 9.99. The Balaban J connectivity index is 1.54. The Morgan fingerprint density at radius 1 is 1.18 bits per heavy atom. The van der Waals surface area contributed by atoms with E-state index in [0.717, 1.165) is 11.8 Å². The first kappa shape index (κ1) is 29.8. The van der Waals surface area contributed by atoms with Gasteiger partial charge in [-0.15, -0.1) is 5.10 Å². The predicted molar refractivity (Wildman–Crippen MR) is 139 cm³/mol. The Bertz CT molecular complexity index is 1090. The number of carbonyl (C=O) groups excluding carboxylic acids is 1. The van der Waals surface area contributed by atoms with Gasteiger partial charge in [-0.3, -0.25) is 4.79 Å². The van der Waals surface area contributed by atoms with E-state index in [-0.39, 0.29) is 31.3 Å². The number of aliphatic hydroxyl groups is 4. The Morgan fingerprint density at radius 2 is 1.95 bits per heavy atom. The molecule has 11 nitrogen and oxygen atoms in total. The number of carbonyl (C=O) groups is 1. The molecule has 13 heteroatoms. The van der Waals surface area contributed by atoms with Crippen molar-refractivity contribution in [2.45, 2.75) is 87.0 Å². The monoisotopic (exact) mass is 569 g/mol. The summed E-state index contributed by atoms with van der Waals surface area (Å²) >= 11 is 1.15. The molecule has 216 valence electrons. The van der Waals surface area contributed by atoms with Crippen LogP contribution in [0.25, 0.3) is 11.3 Å². The van der Waals surface area contributed by atoms with E-state index in [1.807, 2.05) is 13.8 Å². The van der Waals surface area contributed by atoms with Gasteiger partial charge in [0.25, 0.3) is 0 Å². The molecule has 0 spiro atoms. The Labute approximate surface area is 230 Å². The first-order valence-corrected chi connectivity index (χ1v) is 14.1. The zero-order chi connectivity index (χ0) is 28.1. The molecular weight excluding hydrogens is 533 g/mol. The molecule has 2 saturated heterocycles. The molecule has 2 aliphatic heterocycles. The minimum absolute atomic E-state index is 0.0260. The molecule has 8 atom stereocenters. The number of hydrogen-bond acceptors (Lipinski definition) is 11. The molecule has 0 unspecified atom stereocenters. The lowest BCUT2D eigenvalue weighted by Gasteiger charge is -2.42. The van der Waals surface area contributed by atoms with E-state index < -0.39 is 59.9 Å². The molecule has 0 amide bonds. The third-order valence-corrected chi connectivity index (χ3v) is 8.52. The SMILES string of the molecule is CCC(CC)C(=O)OC[C@H]1O[C@@H](S[C@@H]2O[C@H](CO)[C@H](O)C[C@H]2O)C[C@@H](n2cc(-c3cccc(F)c3)nn2)[C@H]1O. The van der Waals surface area contributed by atoms with Crippen LogP contribution in [0.4, 0.5) is 4.39 Å². The summed E-state index contributed by atoms with van der Waals surface area (Å²) in [5.74, 6) is -1.05. The summed E-state index contributed by atoms with van der Waals surface area (Å²) in [4.78, 5) is 12.5. The smallest absolute Gasteiger partial charge is 0.309 e. The molecule has 0 bridgehead atoms. The number of nitrogens with zero attached hydrogens (tertiary/aromatic N) is 3. The molecule has 4 N–H and O–H groups in total. The summed E-state index contributed by atoms with van der Waals surface area (Å²) in [6, 6.07) is 5.28. The van der Waals surface area contributed by atoms with Gasteiger partial charge in [-0.05, 0) is 25.0 Å². The number of thioether (sulfide) groups is 1. The van der Waals surface area contributed by atoms with Crippen molar-refractivity contribution in [2.24, 2.45) is 5.92 Å². The van der Waals surface area contributed by atoms with Crippen molar-refractivity contribution in [3.63, 3.8) is 0 Å². The van der Waals surface area contributed by atoms with E-state index in [1.54, 1.807) is 18.3 Å². The summed E-state index contributed by atoms with van der Waals surface area (Å²) < 4.78 is 32.6. The summed E-state index contributed by atoms with van der Waals surface area (Å²) in [6.07, 6.45) is -1.79. The van der Waals surface area contributed by atoms with Crippen molar-refractivity contribution < 1.29 is 43.8 Å². The fourth-order valence-electron chi connectivity index (χ4n) is 4.83. The van der Waals surface area contributed by atoms with Crippen molar-refractivity contribution >= 4 is 17.7 Å². The van der Waals surface area contributed by atoms with Crippen LogP contribution in [0.3, 0.4) is 0 Å². The maximum Gasteiger partial charge on any atom is 0.309 e. The fourth-order valence-corrected chi connectivity index (χ4v) is 6.14. The molecule has 4 rings (SSSR count). The second kappa shape index (κ2) is 13.5. The van der Waals surface area contributed by atoms with Crippen LogP contribution in [-0.4, -0.2) is 96.0 Å². The van der Waals surface area contributed by atoms with Crippen molar-refractivity contribution in [3.05, 3.63) is 36.3 Å². The van der Waals surface area contributed by atoms with Gasteiger partial charge in [-0.25, -0.2) is 9.07 Å². The minimum Gasteiger partial charge on any atom is -0.463 e. The van der Waals surface area contributed by atoms with Gasteiger partial charge in [-0.2, -0.15) is 0 Å². The van der Waals surface area contributed by atoms with Crippen LogP contribution in [0, 0.1) is 11.7 Å². The zero-order valence-corrected chi connectivity index (χ0v) is 22.7. The molecule has 3 heterocycles. The first-order chi connectivity index (χ1) is 18.7. The van der Waals surface area contributed by atoms with Crippen LogP contribution in [0.1, 0.15) is 45.6 Å². The second-order valence-corrected chi connectivity index (χ2v) is 11.1. The summed E-state index contributed by atoms with van der Waals surface area (Å²) in [5.41, 5.74) is -0.499. The molecule has 2 aliphatic rings. The van der Waals surface area contributed by atoms with Gasteiger partial charge in [0.15, 0.2) is 0 Å². The number of hydrogen-bond donors (Lipinski definition) is 4. The highest BCUT2D eigenvalue weighted by Crippen LogP contribution is 2.39. The average molecular weight is 570 g/mol. The molecular formula is C26H36FN3O8S. The van der Waals surface area contributed by atoms with Gasteiger partial charge >= 0.3 is 5.97 Å². The lowest BCUT2D eigenvalue weighted by Crippen LogP contribution is -2.51. The standard InChI is InChI=1S/C26H36FN3O8S/c1-3-14(4-2)25(35)36-13-22-24(34)18(30-11-17(28-29-30)15-6-5-7-16(27)8-15)9-23(37-22)39-26-20(33)10-19(32)21(12-31)38-26/h5-8,11,14,18-24,26,31-34H,3-4,9-10,12-13H2,1-2H3/t18-,19-,20-,21-,22-,23+,24-,26+/m1/s1. The largest absolute Gasteiger partial charge is 0.463 e. The summed E-state index contributed by atoms with van der Waals surface area (Å²) in [5, 5.41) is 49.6. The summed E-state index contributed by atoms with van der Waals surface area (Å²) in [7, 11) is 0. The number of halogens is 1. The number of rotatable bonds is 10. The van der Waals surface area contributed by atoms with Gasteiger partial charge in [0.05, 0.1) is 37.0 Å². The highest BCUT2D eigenvalue weighted by molar-refractivity contribution is 8.00. The van der Waals surface area contributed by atoms with Crippen molar-refractivity contribution in [1.29, 1.82) is 0 Å². The second-order valence-electron chi connectivity index (χ2n) is 9.87. The predicted octanol–water partition coefficient (Wildman–Crippen LogP) is 1.64. The van der Waals surface area contributed by atoms with Gasteiger partial charge in [-0.1, -0.05) is 43.0 Å². The zero-order valence-electron chi connectivity index (χ0n) is 21.9. The normalized spacial score (nSPS) is 31.4. The van der Waals surface area contributed by atoms with Gasteiger partial charge in [0.2, 0.25) is 0 Å². The number of esters is 1. The maximum atomic E-state index is 13.7. The fraction of sp³-hybridized carbons (Fsp3) is 0.654. The maximum absolute atomic E-state index is 13.7. The third kappa shape index (κ3) is 7.15. The van der Waals surface area contributed by atoms with E-state index in [2.05, 4.69) is 10.3 Å². The highest BCUT2D eigenvalue weighted by Gasteiger charge is 2.44. The molecule has 0 radical (unpaired) electrons. The topological polar surface area (TPSA) is 156 Å². The van der Waals surface area contributed by atoms with Crippen molar-refractivity contribution in [1.82, 2.24) is 15.0 Å². The molecule has 2 aromatic rings. The first-order valence-electron chi connectivity index (χ1n) is 13.2. The van der Waals surface area contributed by atoms with Crippen LogP contribution < -0.4 is 0 Å². The Hall–Kier alpha value is -2.13. The third-order valence-electron chi connectivity index (χ3n) is 7.22. The van der Waals surface area contributed by atoms with Crippen LogP contribution in [0.5, 0.6) is 0 Å². The van der Waals surface area contributed by atoms with Crippen LogP contribution in [0.2, 0.25) is 0 Å². The van der Waals surface area contributed by atoms with Gasteiger partial charge in [0, 0.05) is 18.4 Å². The van der Waals surface area contributed by atoms with Crippen LogP contribution in [0.15, 0.2) is 30.5 Å². The Kier molecular flexibility index (Phi) is 10.3. The number of ether oxygens (including phenoxy) is 3. The highest BCUT2D eigenvalue weighted by atomic mass is 32.2. The molecule has 1 aromatic heterocycles.